The molecule has 0 fully saturated rings. The second-order valence-electron chi connectivity index (χ2n) is 4.69. The van der Waals surface area contributed by atoms with Gasteiger partial charge in [0.2, 0.25) is 5.16 Å². The Morgan fingerprint density at radius 1 is 1.38 bits per heavy atom. The van der Waals surface area contributed by atoms with E-state index in [4.69, 9.17) is 0 Å². The van der Waals surface area contributed by atoms with Gasteiger partial charge in [0.1, 0.15) is 5.52 Å². The highest BCUT2D eigenvalue weighted by Crippen LogP contribution is 2.27. The van der Waals surface area contributed by atoms with Gasteiger partial charge in [0.25, 0.3) is 0 Å². The Balaban J connectivity index is 2.15. The van der Waals surface area contributed by atoms with E-state index in [1.54, 1.807) is 0 Å². The van der Waals surface area contributed by atoms with Gasteiger partial charge in [0, 0.05) is 18.2 Å². The van der Waals surface area contributed by atoms with Crippen molar-refractivity contribution in [2.75, 3.05) is 5.75 Å². The summed E-state index contributed by atoms with van der Waals surface area (Å²) >= 11 is 1.01. The summed E-state index contributed by atoms with van der Waals surface area (Å²) in [7, 11) is 1.91. The summed E-state index contributed by atoms with van der Waals surface area (Å²) < 4.78 is 1.95. The summed E-state index contributed by atoms with van der Waals surface area (Å²) in [5.74, 6) is -1.33. The van der Waals surface area contributed by atoms with Crippen LogP contribution in [0.25, 0.3) is 22.1 Å². The molecule has 0 saturated carbocycles. The Hall–Kier alpha value is -2.15. The first-order valence-corrected chi connectivity index (χ1v) is 7.53. The number of aryl methyl sites for hydroxylation is 2. The van der Waals surface area contributed by atoms with Gasteiger partial charge in [-0.1, -0.05) is 24.8 Å². The van der Waals surface area contributed by atoms with Crippen LogP contribution in [-0.4, -0.2) is 31.5 Å². The first-order valence-electron chi connectivity index (χ1n) is 6.54. The third-order valence-corrected chi connectivity index (χ3v) is 4.18. The monoisotopic (exact) mass is 301 g/mol. The average molecular weight is 301 g/mol. The maximum absolute atomic E-state index is 10.5. The Morgan fingerprint density at radius 3 is 2.90 bits per heavy atom. The van der Waals surface area contributed by atoms with Gasteiger partial charge in [0.05, 0.1) is 11.5 Å². The Kier molecular flexibility index (Phi) is 3.50. The number of carbonyl (C=O) groups is 1. The lowest BCUT2D eigenvalue weighted by molar-refractivity contribution is -0.301. The molecule has 0 aliphatic heterocycles. The van der Waals surface area contributed by atoms with Crippen molar-refractivity contribution in [2.24, 2.45) is 7.05 Å². The van der Waals surface area contributed by atoms with Crippen molar-refractivity contribution in [2.45, 2.75) is 18.5 Å². The van der Waals surface area contributed by atoms with Gasteiger partial charge in [-0.05, 0) is 24.1 Å². The van der Waals surface area contributed by atoms with Crippen LogP contribution in [0.15, 0.2) is 23.4 Å². The molecule has 0 aliphatic rings. The molecule has 1 aromatic carbocycles. The topological polar surface area (TPSA) is 83.7 Å². The van der Waals surface area contributed by atoms with E-state index < -0.39 is 5.97 Å². The maximum Gasteiger partial charge on any atom is 0.211 e. The van der Waals surface area contributed by atoms with Gasteiger partial charge >= 0.3 is 0 Å². The minimum Gasteiger partial charge on any atom is -0.549 e. The molecule has 0 atom stereocenters. The highest BCUT2D eigenvalue weighted by molar-refractivity contribution is 7.99. The second kappa shape index (κ2) is 5.33. The fourth-order valence-corrected chi connectivity index (χ4v) is 2.79. The molecular weight excluding hydrogens is 288 g/mol. The summed E-state index contributed by atoms with van der Waals surface area (Å²) in [5, 5.41) is 20.1. The van der Waals surface area contributed by atoms with Crippen LogP contribution in [-0.2, 0) is 18.3 Å². The van der Waals surface area contributed by atoms with Crippen LogP contribution in [0.2, 0.25) is 0 Å². The smallest absolute Gasteiger partial charge is 0.211 e. The molecular formula is C14H13N4O2S-. The summed E-state index contributed by atoms with van der Waals surface area (Å²) in [6.45, 7) is 2.10. The van der Waals surface area contributed by atoms with E-state index in [1.807, 2.05) is 17.7 Å². The van der Waals surface area contributed by atoms with Crippen LogP contribution in [0.4, 0.5) is 0 Å². The van der Waals surface area contributed by atoms with E-state index >= 15 is 0 Å². The standard InChI is InChI=1S/C14H14N4O2S/c1-3-8-4-5-10-9(6-8)12-13(18(10)2)15-14(17-16-12)21-7-11(19)20/h4-6H,3,7H2,1-2H3,(H,19,20)/p-1. The van der Waals surface area contributed by atoms with Crippen molar-refractivity contribution < 1.29 is 9.90 Å². The molecule has 21 heavy (non-hydrogen) atoms. The number of nitrogens with zero attached hydrogens (tertiary/aromatic N) is 4. The molecule has 0 unspecified atom stereocenters. The number of carboxylic acid groups (broad SMARTS) is 1. The highest BCUT2D eigenvalue weighted by Gasteiger charge is 2.13. The van der Waals surface area contributed by atoms with Gasteiger partial charge in [0.15, 0.2) is 5.65 Å². The third-order valence-electron chi connectivity index (χ3n) is 3.37. The van der Waals surface area contributed by atoms with Crippen molar-refractivity contribution in [3.05, 3.63) is 23.8 Å². The van der Waals surface area contributed by atoms with Gasteiger partial charge in [-0.2, -0.15) is 0 Å². The predicted octanol–water partition coefficient (Wildman–Crippen LogP) is 0.921. The molecule has 2 aromatic heterocycles. The van der Waals surface area contributed by atoms with E-state index in [-0.39, 0.29) is 5.75 Å². The Bertz CT molecular complexity index is 844. The van der Waals surface area contributed by atoms with Crippen LogP contribution in [0.3, 0.4) is 0 Å². The Labute approximate surface area is 125 Å². The summed E-state index contributed by atoms with van der Waals surface area (Å²) in [6.07, 6.45) is 0.951. The second-order valence-corrected chi connectivity index (χ2v) is 5.63. The van der Waals surface area contributed by atoms with Crippen molar-refractivity contribution in [1.82, 2.24) is 19.7 Å². The van der Waals surface area contributed by atoms with Gasteiger partial charge in [-0.3, -0.25) is 0 Å². The van der Waals surface area contributed by atoms with Crippen molar-refractivity contribution >= 4 is 39.8 Å². The fraction of sp³-hybridized carbons (Fsp3) is 0.286. The lowest BCUT2D eigenvalue weighted by Crippen LogP contribution is -2.24. The zero-order valence-corrected chi connectivity index (χ0v) is 12.5. The van der Waals surface area contributed by atoms with Crippen molar-refractivity contribution in [3.8, 4) is 0 Å². The van der Waals surface area contributed by atoms with Crippen LogP contribution in [0.5, 0.6) is 0 Å². The molecule has 3 rings (SSSR count). The number of carboxylic acids is 1. The predicted molar refractivity (Wildman–Crippen MR) is 78.9 cm³/mol. The Morgan fingerprint density at radius 2 is 2.19 bits per heavy atom. The van der Waals surface area contributed by atoms with Crippen molar-refractivity contribution in [3.63, 3.8) is 0 Å². The van der Waals surface area contributed by atoms with E-state index in [2.05, 4.69) is 34.2 Å². The molecule has 2 heterocycles. The van der Waals surface area contributed by atoms with Crippen LogP contribution >= 0.6 is 11.8 Å². The summed E-state index contributed by atoms with van der Waals surface area (Å²) in [6, 6.07) is 6.23. The number of aliphatic carboxylic acids is 1. The lowest BCUT2D eigenvalue weighted by Gasteiger charge is -2.01. The average Bonchev–Trinajstić information content (AvgIpc) is 2.77. The molecule has 6 nitrogen and oxygen atoms in total. The molecule has 0 amide bonds. The van der Waals surface area contributed by atoms with E-state index in [0.717, 1.165) is 34.6 Å². The van der Waals surface area contributed by atoms with E-state index in [9.17, 15) is 9.90 Å². The molecule has 0 saturated heterocycles. The molecule has 0 bridgehead atoms. The number of benzene rings is 1. The number of thioether (sulfide) groups is 1. The molecule has 7 heteroatoms. The van der Waals surface area contributed by atoms with Gasteiger partial charge < -0.3 is 14.5 Å². The zero-order chi connectivity index (χ0) is 15.0. The highest BCUT2D eigenvalue weighted by atomic mass is 32.2. The minimum absolute atomic E-state index is 0.183. The van der Waals surface area contributed by atoms with E-state index in [0.29, 0.717) is 10.8 Å². The fourth-order valence-electron chi connectivity index (χ4n) is 2.30. The maximum atomic E-state index is 10.5. The van der Waals surface area contributed by atoms with Crippen LogP contribution in [0.1, 0.15) is 12.5 Å². The number of hydrogen-bond donors (Lipinski definition) is 0. The summed E-state index contributed by atoms with van der Waals surface area (Å²) in [5.41, 5.74) is 3.70. The number of hydrogen-bond acceptors (Lipinski definition) is 6. The number of aromatic nitrogens is 4. The largest absolute Gasteiger partial charge is 0.549 e. The first kappa shape index (κ1) is 13.8. The summed E-state index contributed by atoms with van der Waals surface area (Å²) in [4.78, 5) is 14.9. The SMILES string of the molecule is CCc1ccc2c(c1)c1nnc(SCC(=O)[O-])nc1n2C. The molecule has 0 N–H and O–H groups in total. The molecule has 3 aromatic rings. The first-order chi connectivity index (χ1) is 10.1. The molecule has 0 aliphatic carbocycles. The number of rotatable bonds is 4. The van der Waals surface area contributed by atoms with Gasteiger partial charge in [-0.25, -0.2) is 4.98 Å². The van der Waals surface area contributed by atoms with Crippen LogP contribution in [0, 0.1) is 0 Å². The van der Waals surface area contributed by atoms with Crippen molar-refractivity contribution in [1.29, 1.82) is 0 Å². The quantitative estimate of drug-likeness (QED) is 0.666. The molecule has 108 valence electrons. The third kappa shape index (κ3) is 2.44. The van der Waals surface area contributed by atoms with E-state index in [1.165, 1.54) is 5.56 Å². The minimum atomic E-state index is -1.15. The number of fused-ring (bicyclic) bond motifs is 3. The normalized spacial score (nSPS) is 11.3. The zero-order valence-electron chi connectivity index (χ0n) is 11.7. The molecule has 0 spiro atoms. The lowest BCUT2D eigenvalue weighted by atomic mass is 10.1. The number of carbonyl (C=O) groups excluding carboxylic acids is 1. The van der Waals surface area contributed by atoms with Crippen LogP contribution < -0.4 is 5.11 Å². The molecule has 0 radical (unpaired) electrons. The van der Waals surface area contributed by atoms with Gasteiger partial charge in [-0.15, -0.1) is 10.2 Å².